The van der Waals surface area contributed by atoms with Gasteiger partial charge in [0.2, 0.25) is 35.4 Å². The normalized spacial score (nSPS) is 21.6. The number of nitrogens with two attached hydrogens (primary N) is 1. The van der Waals surface area contributed by atoms with Gasteiger partial charge in [-0.3, -0.25) is 38.4 Å². The molecule has 440 valence electrons. The third-order valence-electron chi connectivity index (χ3n) is 16.8. The summed E-state index contributed by atoms with van der Waals surface area (Å²) in [5.41, 5.74) is 8.85. The molecule has 0 aromatic heterocycles. The number of rotatable bonds is 22. The third kappa shape index (κ3) is 17.2. The van der Waals surface area contributed by atoms with Crippen molar-refractivity contribution in [2.45, 2.75) is 166 Å². The number of carbonyl (C=O) groups is 8. The molecule has 10 atom stereocenters. The number of Topliss-reactive ketones (excluding diaryl/α,β-unsaturated/α-hetero) is 2. The monoisotopic (exact) mass is 1170 g/mol. The lowest BCUT2D eigenvalue weighted by Gasteiger charge is -2.35. The molecule has 3 aromatic rings. The molecule has 2 aliphatic carbocycles. The molecule has 8 N–H and O–H groups in total. The van der Waals surface area contributed by atoms with E-state index in [-0.39, 0.29) is 164 Å². The Labute approximate surface area is 491 Å². The van der Waals surface area contributed by atoms with Crippen molar-refractivity contribution in [2.75, 3.05) is 32.9 Å². The minimum absolute atomic E-state index is 0. The van der Waals surface area contributed by atoms with Crippen molar-refractivity contribution in [3.05, 3.63) is 101 Å². The van der Waals surface area contributed by atoms with Crippen LogP contribution >= 0.6 is 37.2 Å². The smallest absolute Gasteiger partial charge is 0.246 e. The van der Waals surface area contributed by atoms with Gasteiger partial charge in [0.15, 0.2) is 11.6 Å². The fourth-order valence-electron chi connectivity index (χ4n) is 12.0. The minimum atomic E-state index is -0.911. The molecular formula is C60H86Cl3N9O8. The topological polar surface area (TPSA) is 241 Å². The van der Waals surface area contributed by atoms with Crippen molar-refractivity contribution in [2.24, 2.45) is 23.7 Å². The first kappa shape index (κ1) is 66.9. The number of hydrogen-bond donors (Lipinski definition) is 7. The lowest BCUT2D eigenvalue weighted by Crippen LogP contribution is -2.58. The maximum atomic E-state index is 14.9. The average Bonchev–Trinajstić information content (AvgIpc) is 4.08. The fraction of sp³-hybridized carbons (Fsp3) is 0.567. The summed E-state index contributed by atoms with van der Waals surface area (Å²) in [7, 11) is 3.36. The van der Waals surface area contributed by atoms with Crippen LogP contribution in [0.2, 0.25) is 0 Å². The van der Waals surface area contributed by atoms with Gasteiger partial charge >= 0.3 is 0 Å². The van der Waals surface area contributed by atoms with E-state index in [0.29, 0.717) is 0 Å². The maximum absolute atomic E-state index is 14.9. The van der Waals surface area contributed by atoms with Crippen LogP contribution in [0.3, 0.4) is 0 Å². The summed E-state index contributed by atoms with van der Waals surface area (Å²) in [6.45, 7) is 7.42. The van der Waals surface area contributed by atoms with Gasteiger partial charge in [-0.15, -0.1) is 37.2 Å². The number of hydrogen-bond acceptors (Lipinski definition) is 11. The van der Waals surface area contributed by atoms with E-state index >= 15 is 0 Å². The first-order valence-electron chi connectivity index (χ1n) is 28.2. The van der Waals surface area contributed by atoms with Gasteiger partial charge in [0, 0.05) is 42.7 Å². The highest BCUT2D eigenvalue weighted by Gasteiger charge is 2.47. The second kappa shape index (κ2) is 31.6. The van der Waals surface area contributed by atoms with Crippen LogP contribution in [-0.2, 0) is 28.8 Å². The predicted octanol–water partition coefficient (Wildman–Crippen LogP) is 7.21. The van der Waals surface area contributed by atoms with Crippen LogP contribution in [0.1, 0.15) is 162 Å². The Bertz CT molecular complexity index is 2400. The third-order valence-corrected chi connectivity index (χ3v) is 16.8. The van der Waals surface area contributed by atoms with Gasteiger partial charge < -0.3 is 47.4 Å². The summed E-state index contributed by atoms with van der Waals surface area (Å²) in [4.78, 5) is 117. The predicted molar refractivity (Wildman–Crippen MR) is 318 cm³/mol. The molecule has 4 fully saturated rings. The number of amides is 6. The Hall–Kier alpha value is -5.59. The van der Waals surface area contributed by atoms with E-state index in [1.807, 2.05) is 74.5 Å². The van der Waals surface area contributed by atoms with Crippen molar-refractivity contribution in [1.82, 2.24) is 41.7 Å². The number of nitrogens with one attached hydrogen (secondary N) is 6. The van der Waals surface area contributed by atoms with Crippen LogP contribution in [0, 0.1) is 23.7 Å². The van der Waals surface area contributed by atoms with Crippen molar-refractivity contribution in [1.29, 1.82) is 0 Å². The average molecular weight is 1170 g/mol. The van der Waals surface area contributed by atoms with Crippen LogP contribution in [0.25, 0.3) is 0 Å². The standard InChI is InChI=1S/C60H83N9O8.3ClH/c1-36(42-19-11-7-12-20-42)64-57(74)49-27-40(34-68(49)59(76)53(44-23-15-9-16-24-44)66-55(72)38(3)62-5)29-51(70)46-31-47(33-48(61)32-46)52(71)30-41-28-50(58(75)65-37(2)43-21-13-8-14-22-43)69(35-41)60(77)54(45-25-17-10-18-26-45)67-56(73)39(4)63-6;;;/h7-8,11-14,19-22,31-33,36-41,44-45,49-50,53-54,62-63H,9-10,15-18,23-30,34-35,61H2,1-6H3,(H,64,74)(H,65,75)(H,66,72)(H,67,73);3*1H/t36-,37-,38+,39+,40-,41-,49+,50+,53+,54+;;;/m1.../s1. The Morgan fingerprint density at radius 1 is 0.512 bits per heavy atom. The molecular weight excluding hydrogens is 1080 g/mol. The first-order valence-corrected chi connectivity index (χ1v) is 28.2. The van der Waals surface area contributed by atoms with Crippen LogP contribution in [0.15, 0.2) is 78.9 Å². The molecule has 80 heavy (non-hydrogen) atoms. The number of nitrogen functional groups attached to an aromatic ring is 1. The summed E-state index contributed by atoms with van der Waals surface area (Å²) in [6, 6.07) is 18.3. The van der Waals surface area contributed by atoms with E-state index in [1.54, 1.807) is 37.7 Å². The fourth-order valence-corrected chi connectivity index (χ4v) is 12.0. The first-order chi connectivity index (χ1) is 37.0. The highest BCUT2D eigenvalue weighted by atomic mass is 35.5. The van der Waals surface area contributed by atoms with Gasteiger partial charge in [-0.25, -0.2) is 0 Å². The highest BCUT2D eigenvalue weighted by Crippen LogP contribution is 2.36. The molecule has 3 aromatic carbocycles. The summed E-state index contributed by atoms with van der Waals surface area (Å²) < 4.78 is 0. The molecule has 2 aliphatic heterocycles. The highest BCUT2D eigenvalue weighted by molar-refractivity contribution is 6.03. The molecule has 0 bridgehead atoms. The van der Waals surface area contributed by atoms with E-state index in [2.05, 4.69) is 31.9 Å². The molecule has 2 saturated heterocycles. The summed E-state index contributed by atoms with van der Waals surface area (Å²) in [5.74, 6) is -3.74. The van der Waals surface area contributed by atoms with Gasteiger partial charge in [0.05, 0.1) is 24.2 Å². The van der Waals surface area contributed by atoms with Gasteiger partial charge in [0.25, 0.3) is 0 Å². The Balaban J connectivity index is 0.00000459. The van der Waals surface area contributed by atoms with Crippen LogP contribution < -0.4 is 37.6 Å². The molecule has 20 heteroatoms. The van der Waals surface area contributed by atoms with E-state index in [1.165, 1.54) is 18.2 Å². The maximum Gasteiger partial charge on any atom is 0.246 e. The Morgan fingerprint density at radius 3 is 1.20 bits per heavy atom. The van der Waals surface area contributed by atoms with E-state index in [4.69, 9.17) is 5.73 Å². The van der Waals surface area contributed by atoms with E-state index in [0.717, 1.165) is 75.3 Å². The number of ketones is 2. The van der Waals surface area contributed by atoms with Gasteiger partial charge in [0.1, 0.15) is 24.2 Å². The van der Waals surface area contributed by atoms with Gasteiger partial charge in [-0.05, 0) is 133 Å². The molecule has 6 amide bonds. The molecule has 4 aliphatic rings. The number of likely N-dealkylation sites (N-methyl/N-ethyl adjacent to an activating group) is 2. The van der Waals surface area contributed by atoms with Crippen LogP contribution in [-0.4, -0.2) is 120 Å². The summed E-state index contributed by atoms with van der Waals surface area (Å²) >= 11 is 0. The van der Waals surface area contributed by atoms with E-state index < -0.39 is 48.1 Å². The second-order valence-electron chi connectivity index (χ2n) is 22.4. The van der Waals surface area contributed by atoms with Crippen molar-refractivity contribution < 1.29 is 38.4 Å². The van der Waals surface area contributed by atoms with Crippen molar-refractivity contribution in [3.8, 4) is 0 Å². The molecule has 0 spiro atoms. The lowest BCUT2D eigenvalue weighted by molar-refractivity contribution is -0.143. The second-order valence-corrected chi connectivity index (χ2v) is 22.4. The zero-order valence-corrected chi connectivity index (χ0v) is 49.7. The SMILES string of the molecule is CN[C@@H](C)C(=O)N[C@H](C(=O)N1C[C@@H](CC(=O)c2cc(N)cc(C(=O)C[C@H]3C[C@@H](C(=O)N[C@H](C)c4ccccc4)N(C(=O)[C@@H](NC(=O)[C@H](C)NC)C4CCCCC4)C3)c2)C[C@H]1C(=O)N[C@H](C)c1ccccc1)C1CCCCC1.Cl.Cl.Cl. The summed E-state index contributed by atoms with van der Waals surface area (Å²) in [5, 5.41) is 18.2. The van der Waals surface area contributed by atoms with Crippen molar-refractivity contribution in [3.63, 3.8) is 0 Å². The van der Waals surface area contributed by atoms with Gasteiger partial charge in [-0.1, -0.05) is 99.2 Å². The molecule has 2 heterocycles. The molecule has 0 unspecified atom stereocenters. The zero-order valence-electron chi connectivity index (χ0n) is 47.2. The molecule has 7 rings (SSSR count). The molecule has 17 nitrogen and oxygen atoms in total. The largest absolute Gasteiger partial charge is 0.399 e. The Morgan fingerprint density at radius 2 is 0.863 bits per heavy atom. The van der Waals surface area contributed by atoms with Crippen molar-refractivity contribution >= 4 is 89.9 Å². The number of nitrogens with zero attached hydrogens (tertiary/aromatic N) is 2. The lowest BCUT2D eigenvalue weighted by atomic mass is 9.83. The quantitative estimate of drug-likeness (QED) is 0.0392. The van der Waals surface area contributed by atoms with Gasteiger partial charge in [-0.2, -0.15) is 0 Å². The zero-order chi connectivity index (χ0) is 55.3. The minimum Gasteiger partial charge on any atom is -0.399 e. The van der Waals surface area contributed by atoms with E-state index in [9.17, 15) is 38.4 Å². The molecule has 2 saturated carbocycles. The Kier molecular flexibility index (Phi) is 26.4. The summed E-state index contributed by atoms with van der Waals surface area (Å²) in [6.07, 6.45) is 9.15. The number of carbonyl (C=O) groups excluding carboxylic acids is 8. The number of anilines is 1. The number of halogens is 3. The number of likely N-dealkylation sites (tertiary alicyclic amines) is 2. The van der Waals surface area contributed by atoms with Crippen LogP contribution in [0.5, 0.6) is 0 Å². The molecule has 0 radical (unpaired) electrons. The number of benzene rings is 3. The van der Waals surface area contributed by atoms with Crippen LogP contribution in [0.4, 0.5) is 5.69 Å².